The molecule has 3 heteroatoms. The predicted octanol–water partition coefficient (Wildman–Crippen LogP) is 7.70. The monoisotopic (exact) mass is 470 g/mol. The Morgan fingerprint density at radius 3 is 2.15 bits per heavy atom. The molecule has 6 aliphatic rings. The van der Waals surface area contributed by atoms with Gasteiger partial charge < -0.3 is 9.47 Å². The zero-order valence-corrected chi connectivity index (χ0v) is 23.3. The van der Waals surface area contributed by atoms with E-state index < -0.39 is 0 Å². The Bertz CT molecular complexity index is 906. The molecule has 1 aliphatic heterocycles. The van der Waals surface area contributed by atoms with Crippen LogP contribution in [0.25, 0.3) is 0 Å². The van der Waals surface area contributed by atoms with Gasteiger partial charge in [-0.2, -0.15) is 0 Å². The van der Waals surface area contributed by atoms with E-state index >= 15 is 0 Å². The Hall–Kier alpha value is -0.570. The highest BCUT2D eigenvalue weighted by Gasteiger charge is 2.86. The first-order chi connectivity index (χ1) is 15.7. The van der Waals surface area contributed by atoms with Gasteiger partial charge in [0.1, 0.15) is 17.3 Å². The SMILES string of the molecule is CC(=O)OC1CCC2(C)C(CCC3(C)C2CCC24OC32CCC2(C)CCC(C)(C)CC24)C1(C)C. The van der Waals surface area contributed by atoms with Crippen LogP contribution >= 0.6 is 0 Å². The van der Waals surface area contributed by atoms with E-state index in [2.05, 4.69) is 48.5 Å². The Morgan fingerprint density at radius 1 is 0.765 bits per heavy atom. The summed E-state index contributed by atoms with van der Waals surface area (Å²) in [5, 5.41) is 0. The number of carbonyl (C=O) groups excluding carboxylic acids is 1. The van der Waals surface area contributed by atoms with Gasteiger partial charge in [0.15, 0.2) is 0 Å². The minimum absolute atomic E-state index is 0.0368. The lowest BCUT2D eigenvalue weighted by Gasteiger charge is -2.68. The molecule has 5 aliphatic carbocycles. The molecular weight excluding hydrogens is 420 g/mol. The number of rotatable bonds is 1. The lowest BCUT2D eigenvalue weighted by atomic mass is 9.35. The highest BCUT2D eigenvalue weighted by Crippen LogP contribution is 2.83. The predicted molar refractivity (Wildman–Crippen MR) is 135 cm³/mol. The van der Waals surface area contributed by atoms with Crippen molar-refractivity contribution in [1.29, 1.82) is 0 Å². The van der Waals surface area contributed by atoms with Gasteiger partial charge in [0.2, 0.25) is 0 Å². The average Bonchev–Trinajstić information content (AvgIpc) is 3.43. The molecule has 6 rings (SSSR count). The fraction of sp³-hybridized carbons (Fsp3) is 0.968. The fourth-order valence-electron chi connectivity index (χ4n) is 11.8. The molecule has 0 aromatic heterocycles. The summed E-state index contributed by atoms with van der Waals surface area (Å²) < 4.78 is 13.2. The molecule has 0 radical (unpaired) electrons. The summed E-state index contributed by atoms with van der Waals surface area (Å²) in [7, 11) is 0. The molecule has 9 unspecified atom stereocenters. The minimum Gasteiger partial charge on any atom is -0.462 e. The van der Waals surface area contributed by atoms with E-state index in [-0.39, 0.29) is 34.1 Å². The van der Waals surface area contributed by atoms with Crippen molar-refractivity contribution in [2.24, 2.45) is 44.8 Å². The van der Waals surface area contributed by atoms with E-state index in [9.17, 15) is 4.79 Å². The Morgan fingerprint density at radius 2 is 1.44 bits per heavy atom. The first-order valence-corrected chi connectivity index (χ1v) is 14.5. The molecule has 0 N–H and O–H groups in total. The van der Waals surface area contributed by atoms with E-state index in [0.717, 1.165) is 12.3 Å². The summed E-state index contributed by atoms with van der Waals surface area (Å²) in [4.78, 5) is 11.9. The Kier molecular flexibility index (Phi) is 4.65. The quantitative estimate of drug-likeness (QED) is 0.291. The zero-order chi connectivity index (χ0) is 24.6. The van der Waals surface area contributed by atoms with Gasteiger partial charge in [0.05, 0.1) is 0 Å². The molecule has 0 spiro atoms. The normalized spacial score (nSPS) is 56.6. The molecule has 34 heavy (non-hydrogen) atoms. The van der Waals surface area contributed by atoms with Gasteiger partial charge in [0, 0.05) is 17.8 Å². The maximum atomic E-state index is 11.9. The van der Waals surface area contributed by atoms with Crippen molar-refractivity contribution in [2.75, 3.05) is 0 Å². The molecule has 0 aromatic carbocycles. The van der Waals surface area contributed by atoms with Crippen molar-refractivity contribution in [2.45, 2.75) is 143 Å². The van der Waals surface area contributed by atoms with Crippen molar-refractivity contribution in [3.63, 3.8) is 0 Å². The van der Waals surface area contributed by atoms with Crippen molar-refractivity contribution >= 4 is 5.97 Å². The second-order valence-corrected chi connectivity index (χ2v) is 16.0. The highest BCUT2D eigenvalue weighted by molar-refractivity contribution is 5.66. The Labute approximate surface area is 208 Å². The molecule has 3 nitrogen and oxygen atoms in total. The molecule has 192 valence electrons. The van der Waals surface area contributed by atoms with Crippen LogP contribution in [0.5, 0.6) is 0 Å². The largest absolute Gasteiger partial charge is 0.462 e. The molecule has 1 heterocycles. The highest BCUT2D eigenvalue weighted by atomic mass is 16.6. The molecule has 0 bridgehead atoms. The number of carbonyl (C=O) groups is 1. The fourth-order valence-corrected chi connectivity index (χ4v) is 11.8. The number of fused-ring (bicyclic) bond motifs is 4. The van der Waals surface area contributed by atoms with Crippen molar-refractivity contribution in [3.8, 4) is 0 Å². The van der Waals surface area contributed by atoms with Crippen LogP contribution < -0.4 is 0 Å². The van der Waals surface area contributed by atoms with E-state index in [0.29, 0.717) is 28.1 Å². The molecule has 0 amide bonds. The number of ether oxygens (including phenoxy) is 2. The molecule has 5 saturated carbocycles. The molecular formula is C31H50O3. The third kappa shape index (κ3) is 2.67. The first-order valence-electron chi connectivity index (χ1n) is 14.5. The van der Waals surface area contributed by atoms with Crippen LogP contribution in [0.15, 0.2) is 0 Å². The number of hydrogen-bond donors (Lipinski definition) is 0. The average molecular weight is 471 g/mol. The second kappa shape index (κ2) is 6.65. The van der Waals surface area contributed by atoms with E-state index in [1.807, 2.05) is 0 Å². The van der Waals surface area contributed by atoms with Crippen LogP contribution in [0, 0.1) is 44.8 Å². The van der Waals surface area contributed by atoms with Gasteiger partial charge in [-0.25, -0.2) is 0 Å². The van der Waals surface area contributed by atoms with Crippen LogP contribution in [-0.4, -0.2) is 23.3 Å². The Balaban J connectivity index is 1.35. The van der Waals surface area contributed by atoms with E-state index in [1.165, 1.54) is 64.2 Å². The molecule has 6 fully saturated rings. The van der Waals surface area contributed by atoms with Gasteiger partial charge in [-0.3, -0.25) is 4.79 Å². The maximum absolute atomic E-state index is 11.9. The van der Waals surface area contributed by atoms with Gasteiger partial charge in [-0.05, 0) is 105 Å². The van der Waals surface area contributed by atoms with Crippen LogP contribution in [0.3, 0.4) is 0 Å². The maximum Gasteiger partial charge on any atom is 0.302 e. The smallest absolute Gasteiger partial charge is 0.302 e. The summed E-state index contributed by atoms with van der Waals surface area (Å²) in [5.41, 5.74) is 1.83. The lowest BCUT2D eigenvalue weighted by Crippen LogP contribution is -2.67. The molecule has 1 saturated heterocycles. The van der Waals surface area contributed by atoms with Crippen molar-refractivity contribution < 1.29 is 14.3 Å². The number of esters is 1. The summed E-state index contributed by atoms with van der Waals surface area (Å²) in [6, 6.07) is 0. The first kappa shape index (κ1) is 23.8. The summed E-state index contributed by atoms with van der Waals surface area (Å²) in [5.74, 6) is 1.95. The van der Waals surface area contributed by atoms with Crippen LogP contribution in [0.1, 0.15) is 126 Å². The minimum atomic E-state index is -0.115. The number of epoxide rings is 1. The third-order valence-corrected chi connectivity index (χ3v) is 13.6. The third-order valence-electron chi connectivity index (χ3n) is 13.6. The molecule has 0 aromatic rings. The summed E-state index contributed by atoms with van der Waals surface area (Å²) in [6.07, 6.45) is 14.2. The van der Waals surface area contributed by atoms with Gasteiger partial charge in [0.25, 0.3) is 0 Å². The topological polar surface area (TPSA) is 38.8 Å². The molecule has 9 atom stereocenters. The standard InChI is InChI=1S/C31H50O3/c1-20(32)33-24-11-12-28(7)21(26(24,4)5)9-13-29(8)22(28)10-14-30-23-19-25(2,3)15-16-27(23,6)17-18-31(29,30)34-30/h21-24H,9-19H2,1-8H3. The summed E-state index contributed by atoms with van der Waals surface area (Å²) in [6.45, 7) is 19.3. The van der Waals surface area contributed by atoms with E-state index in [4.69, 9.17) is 9.47 Å². The van der Waals surface area contributed by atoms with Crippen LogP contribution in [-0.2, 0) is 14.3 Å². The zero-order valence-electron chi connectivity index (χ0n) is 23.3. The van der Waals surface area contributed by atoms with E-state index in [1.54, 1.807) is 6.92 Å². The van der Waals surface area contributed by atoms with Gasteiger partial charge in [-0.15, -0.1) is 0 Å². The van der Waals surface area contributed by atoms with Crippen molar-refractivity contribution in [1.82, 2.24) is 0 Å². The lowest BCUT2D eigenvalue weighted by molar-refractivity contribution is -0.209. The number of hydrogen-bond acceptors (Lipinski definition) is 3. The second-order valence-electron chi connectivity index (χ2n) is 16.0. The van der Waals surface area contributed by atoms with Crippen LogP contribution in [0.4, 0.5) is 0 Å². The van der Waals surface area contributed by atoms with Gasteiger partial charge in [-0.1, -0.05) is 48.5 Å². The van der Waals surface area contributed by atoms with Crippen molar-refractivity contribution in [3.05, 3.63) is 0 Å². The van der Waals surface area contributed by atoms with Crippen LogP contribution in [0.2, 0.25) is 0 Å². The van der Waals surface area contributed by atoms with Gasteiger partial charge >= 0.3 is 5.97 Å². The summed E-state index contributed by atoms with van der Waals surface area (Å²) >= 11 is 0.